The fourth-order valence-electron chi connectivity index (χ4n) is 3.64. The standard InChI is InChI=1S/C17H25FN2O/c18-16-9-15(10-17(21)11-16)13-20-7-3-14(4-8-20)12-19-5-1-2-6-19/h9-11,14,21H,1-8,12-13H2. The van der Waals surface area contributed by atoms with Crippen molar-refractivity contribution in [3.8, 4) is 5.75 Å². The number of likely N-dealkylation sites (tertiary alicyclic amines) is 2. The molecule has 0 atom stereocenters. The monoisotopic (exact) mass is 292 g/mol. The lowest BCUT2D eigenvalue weighted by Gasteiger charge is -2.33. The summed E-state index contributed by atoms with van der Waals surface area (Å²) in [6.45, 7) is 6.72. The average Bonchev–Trinajstić information content (AvgIpc) is 2.93. The van der Waals surface area contributed by atoms with Gasteiger partial charge < -0.3 is 10.0 Å². The van der Waals surface area contributed by atoms with Gasteiger partial charge in [0.2, 0.25) is 0 Å². The first-order valence-corrected chi connectivity index (χ1v) is 8.12. The number of rotatable bonds is 4. The molecule has 0 radical (unpaired) electrons. The van der Waals surface area contributed by atoms with Gasteiger partial charge in [-0.3, -0.25) is 4.90 Å². The molecule has 2 saturated heterocycles. The molecule has 1 N–H and O–H groups in total. The fraction of sp³-hybridized carbons (Fsp3) is 0.647. The summed E-state index contributed by atoms with van der Waals surface area (Å²) in [6.07, 6.45) is 5.19. The smallest absolute Gasteiger partial charge is 0.127 e. The Labute approximate surface area is 126 Å². The maximum absolute atomic E-state index is 13.3. The van der Waals surface area contributed by atoms with Gasteiger partial charge >= 0.3 is 0 Å². The minimum Gasteiger partial charge on any atom is -0.508 e. The lowest BCUT2D eigenvalue weighted by Crippen LogP contribution is -2.37. The molecule has 0 bridgehead atoms. The lowest BCUT2D eigenvalue weighted by molar-refractivity contribution is 0.148. The largest absolute Gasteiger partial charge is 0.508 e. The second-order valence-electron chi connectivity index (χ2n) is 6.54. The van der Waals surface area contributed by atoms with Gasteiger partial charge in [0.15, 0.2) is 0 Å². The molecule has 1 aromatic rings. The average molecular weight is 292 g/mol. The molecule has 0 saturated carbocycles. The van der Waals surface area contributed by atoms with Gasteiger partial charge in [0, 0.05) is 19.2 Å². The molecule has 1 aromatic carbocycles. The van der Waals surface area contributed by atoms with Gasteiger partial charge in [0.05, 0.1) is 0 Å². The molecule has 116 valence electrons. The van der Waals surface area contributed by atoms with Crippen LogP contribution in [0.4, 0.5) is 4.39 Å². The van der Waals surface area contributed by atoms with Gasteiger partial charge in [0.25, 0.3) is 0 Å². The van der Waals surface area contributed by atoms with E-state index in [9.17, 15) is 9.50 Å². The molecular formula is C17H25FN2O. The van der Waals surface area contributed by atoms with Crippen molar-refractivity contribution in [2.24, 2.45) is 5.92 Å². The number of hydrogen-bond donors (Lipinski definition) is 1. The van der Waals surface area contributed by atoms with Crippen LogP contribution in [0.2, 0.25) is 0 Å². The van der Waals surface area contributed by atoms with E-state index < -0.39 is 0 Å². The first kappa shape index (κ1) is 14.8. The lowest BCUT2D eigenvalue weighted by atomic mass is 9.96. The van der Waals surface area contributed by atoms with Crippen molar-refractivity contribution in [2.45, 2.75) is 32.2 Å². The summed E-state index contributed by atoms with van der Waals surface area (Å²) in [4.78, 5) is 4.97. The topological polar surface area (TPSA) is 26.7 Å². The Morgan fingerprint density at radius 1 is 1.00 bits per heavy atom. The Bertz CT molecular complexity index is 446. The summed E-state index contributed by atoms with van der Waals surface area (Å²) in [7, 11) is 0. The second kappa shape index (κ2) is 6.75. The van der Waals surface area contributed by atoms with Crippen LogP contribution in [0.5, 0.6) is 5.75 Å². The van der Waals surface area contributed by atoms with Crippen molar-refractivity contribution in [1.82, 2.24) is 9.80 Å². The molecular weight excluding hydrogens is 267 g/mol. The maximum atomic E-state index is 13.3. The molecule has 0 spiro atoms. The number of hydrogen-bond acceptors (Lipinski definition) is 3. The summed E-state index contributed by atoms with van der Waals surface area (Å²) in [5, 5.41) is 9.46. The highest BCUT2D eigenvalue weighted by Crippen LogP contribution is 2.23. The quantitative estimate of drug-likeness (QED) is 0.924. The van der Waals surface area contributed by atoms with Crippen molar-refractivity contribution >= 4 is 0 Å². The minimum atomic E-state index is -0.353. The van der Waals surface area contributed by atoms with Crippen LogP contribution in [0.25, 0.3) is 0 Å². The van der Waals surface area contributed by atoms with E-state index in [0.717, 1.165) is 37.2 Å². The van der Waals surface area contributed by atoms with Crippen molar-refractivity contribution in [3.63, 3.8) is 0 Å². The number of phenols is 1. The summed E-state index contributed by atoms with van der Waals surface area (Å²) >= 11 is 0. The molecule has 2 fully saturated rings. The first-order chi connectivity index (χ1) is 10.2. The zero-order valence-corrected chi connectivity index (χ0v) is 12.6. The molecule has 3 nitrogen and oxygen atoms in total. The predicted octanol–water partition coefficient (Wildman–Crippen LogP) is 2.84. The van der Waals surface area contributed by atoms with Crippen LogP contribution in [0.1, 0.15) is 31.2 Å². The third-order valence-corrected chi connectivity index (χ3v) is 4.77. The van der Waals surface area contributed by atoms with Gasteiger partial charge in [-0.05, 0) is 75.5 Å². The third kappa shape index (κ3) is 4.17. The zero-order chi connectivity index (χ0) is 14.7. The van der Waals surface area contributed by atoms with E-state index in [-0.39, 0.29) is 11.6 Å². The van der Waals surface area contributed by atoms with Gasteiger partial charge in [0.1, 0.15) is 11.6 Å². The highest BCUT2D eigenvalue weighted by atomic mass is 19.1. The van der Waals surface area contributed by atoms with Crippen LogP contribution in [0.15, 0.2) is 18.2 Å². The predicted molar refractivity (Wildman–Crippen MR) is 81.7 cm³/mol. The number of phenolic OH excluding ortho intramolecular Hbond substituents is 1. The zero-order valence-electron chi connectivity index (χ0n) is 12.6. The molecule has 0 unspecified atom stereocenters. The Kier molecular flexibility index (Phi) is 4.76. The van der Waals surface area contributed by atoms with E-state index in [1.54, 1.807) is 6.07 Å². The molecule has 0 aliphatic carbocycles. The maximum Gasteiger partial charge on any atom is 0.127 e. The van der Waals surface area contributed by atoms with Crippen LogP contribution in [0, 0.1) is 11.7 Å². The van der Waals surface area contributed by atoms with E-state index in [1.165, 1.54) is 51.4 Å². The summed E-state index contributed by atoms with van der Waals surface area (Å²) in [6, 6.07) is 4.35. The van der Waals surface area contributed by atoms with E-state index in [1.807, 2.05) is 0 Å². The van der Waals surface area contributed by atoms with Crippen LogP contribution in [0.3, 0.4) is 0 Å². The van der Waals surface area contributed by atoms with Gasteiger partial charge in [-0.2, -0.15) is 0 Å². The van der Waals surface area contributed by atoms with Crippen LogP contribution >= 0.6 is 0 Å². The van der Waals surface area contributed by atoms with E-state index in [0.29, 0.717) is 0 Å². The van der Waals surface area contributed by atoms with Crippen LogP contribution < -0.4 is 0 Å². The Balaban J connectivity index is 1.46. The molecule has 2 aliphatic heterocycles. The molecule has 4 heteroatoms. The highest BCUT2D eigenvalue weighted by Gasteiger charge is 2.22. The van der Waals surface area contributed by atoms with Crippen molar-refractivity contribution < 1.29 is 9.50 Å². The second-order valence-corrected chi connectivity index (χ2v) is 6.54. The Morgan fingerprint density at radius 2 is 1.71 bits per heavy atom. The van der Waals surface area contributed by atoms with E-state index >= 15 is 0 Å². The van der Waals surface area contributed by atoms with Crippen LogP contribution in [-0.2, 0) is 6.54 Å². The third-order valence-electron chi connectivity index (χ3n) is 4.77. The van der Waals surface area contributed by atoms with E-state index in [4.69, 9.17) is 0 Å². The number of benzene rings is 1. The number of piperidine rings is 1. The first-order valence-electron chi connectivity index (χ1n) is 8.12. The molecule has 21 heavy (non-hydrogen) atoms. The summed E-state index contributed by atoms with van der Waals surface area (Å²) < 4.78 is 13.3. The molecule has 0 aromatic heterocycles. The summed E-state index contributed by atoms with van der Waals surface area (Å²) in [5.41, 5.74) is 0.866. The highest BCUT2D eigenvalue weighted by molar-refractivity contribution is 5.28. The van der Waals surface area contributed by atoms with Gasteiger partial charge in [-0.15, -0.1) is 0 Å². The molecule has 0 amide bonds. The SMILES string of the molecule is Oc1cc(F)cc(CN2CCC(CN3CCCC3)CC2)c1. The van der Waals surface area contributed by atoms with Crippen molar-refractivity contribution in [2.75, 3.05) is 32.7 Å². The van der Waals surface area contributed by atoms with Crippen LogP contribution in [-0.4, -0.2) is 47.6 Å². The summed E-state index contributed by atoms with van der Waals surface area (Å²) in [5.74, 6) is 0.489. The number of aromatic hydroxyl groups is 1. The Hall–Kier alpha value is -1.13. The number of halogens is 1. The van der Waals surface area contributed by atoms with E-state index in [2.05, 4.69) is 9.80 Å². The minimum absolute atomic E-state index is 0.0221. The van der Waals surface area contributed by atoms with Gasteiger partial charge in [-0.1, -0.05) is 0 Å². The molecule has 2 aliphatic rings. The van der Waals surface area contributed by atoms with Crippen molar-refractivity contribution in [1.29, 1.82) is 0 Å². The van der Waals surface area contributed by atoms with Gasteiger partial charge in [-0.25, -0.2) is 4.39 Å². The van der Waals surface area contributed by atoms with Crippen molar-refractivity contribution in [3.05, 3.63) is 29.6 Å². The fourth-order valence-corrected chi connectivity index (χ4v) is 3.64. The number of nitrogens with zero attached hydrogens (tertiary/aromatic N) is 2. The molecule has 2 heterocycles. The Morgan fingerprint density at radius 3 is 2.38 bits per heavy atom. The normalized spacial score (nSPS) is 22.0. The molecule has 3 rings (SSSR count).